The summed E-state index contributed by atoms with van der Waals surface area (Å²) in [6, 6.07) is 15.8. The van der Waals surface area contributed by atoms with Gasteiger partial charge in [-0.3, -0.25) is 4.79 Å². The number of carbonyl (C=O) groups excluding carboxylic acids is 1. The molecule has 4 rings (SSSR count). The predicted molar refractivity (Wildman–Crippen MR) is 121 cm³/mol. The Hall–Kier alpha value is -3.68. The Bertz CT molecular complexity index is 1070. The molecule has 8 heteroatoms. The Morgan fingerprint density at radius 1 is 1.16 bits per heavy atom. The minimum atomic E-state index is -0.339. The molecule has 2 aromatic carbocycles. The summed E-state index contributed by atoms with van der Waals surface area (Å²) in [5, 5.41) is 6.02. The smallest absolute Gasteiger partial charge is 0.227 e. The molecule has 2 heterocycles. The molecule has 0 aliphatic carbocycles. The first-order valence-corrected chi connectivity index (χ1v) is 10.6. The van der Waals surface area contributed by atoms with Crippen molar-refractivity contribution < 1.29 is 13.9 Å². The van der Waals surface area contributed by atoms with Crippen LogP contribution in [0.1, 0.15) is 18.4 Å². The number of aromatic nitrogens is 2. The maximum atomic E-state index is 13.9. The van der Waals surface area contributed by atoms with Crippen molar-refractivity contribution in [2.24, 2.45) is 5.92 Å². The standard InChI is InChI=1S/C24H26FN5O2/c1-32-19-6-4-5-17(15-19)16-27-23(31)18-10-13-30(14-11-18)24-26-12-9-22(29-24)28-21-8-3-2-7-20(21)25/h2-9,12,15,18H,10-11,13-14,16H2,1H3,(H,27,31)(H,26,28,29). The molecule has 1 amide bonds. The lowest BCUT2D eigenvalue weighted by atomic mass is 9.96. The van der Waals surface area contributed by atoms with Crippen molar-refractivity contribution in [3.63, 3.8) is 0 Å². The number of rotatable bonds is 7. The van der Waals surface area contributed by atoms with Crippen molar-refractivity contribution >= 4 is 23.4 Å². The summed E-state index contributed by atoms with van der Waals surface area (Å²) >= 11 is 0. The Kier molecular flexibility index (Phi) is 6.79. The summed E-state index contributed by atoms with van der Waals surface area (Å²) in [6.45, 7) is 1.84. The first-order chi connectivity index (χ1) is 15.6. The number of benzene rings is 2. The first-order valence-electron chi connectivity index (χ1n) is 10.6. The third kappa shape index (κ3) is 5.32. The quantitative estimate of drug-likeness (QED) is 0.586. The molecule has 32 heavy (non-hydrogen) atoms. The SMILES string of the molecule is COc1cccc(CNC(=O)C2CCN(c3nccc(Nc4ccccc4F)n3)CC2)c1. The van der Waals surface area contributed by atoms with Crippen LogP contribution in [0.4, 0.5) is 21.8 Å². The Morgan fingerprint density at radius 3 is 2.75 bits per heavy atom. The fraction of sp³-hybridized carbons (Fsp3) is 0.292. The van der Waals surface area contributed by atoms with Crippen LogP contribution in [0.5, 0.6) is 5.75 Å². The topological polar surface area (TPSA) is 79.4 Å². The van der Waals surface area contributed by atoms with E-state index in [-0.39, 0.29) is 17.6 Å². The fourth-order valence-electron chi connectivity index (χ4n) is 3.73. The van der Waals surface area contributed by atoms with Gasteiger partial charge < -0.3 is 20.3 Å². The van der Waals surface area contributed by atoms with Crippen LogP contribution in [0.15, 0.2) is 60.8 Å². The number of piperidine rings is 1. The van der Waals surface area contributed by atoms with Gasteiger partial charge in [0.05, 0.1) is 12.8 Å². The summed E-state index contributed by atoms with van der Waals surface area (Å²) in [5.41, 5.74) is 1.37. The van der Waals surface area contributed by atoms with E-state index in [1.807, 2.05) is 24.3 Å². The number of para-hydroxylation sites is 1. The molecule has 1 aliphatic heterocycles. The normalized spacial score (nSPS) is 14.1. The number of nitrogens with zero attached hydrogens (tertiary/aromatic N) is 3. The van der Waals surface area contributed by atoms with Crippen LogP contribution in [-0.4, -0.2) is 36.1 Å². The maximum Gasteiger partial charge on any atom is 0.227 e. The largest absolute Gasteiger partial charge is 0.497 e. The maximum absolute atomic E-state index is 13.9. The van der Waals surface area contributed by atoms with Crippen LogP contribution in [0.3, 0.4) is 0 Å². The molecule has 2 N–H and O–H groups in total. The third-order valence-electron chi connectivity index (χ3n) is 5.53. The average molecular weight is 436 g/mol. The predicted octanol–water partition coefficient (Wildman–Crippen LogP) is 3.90. The molecule has 0 saturated carbocycles. The highest BCUT2D eigenvalue weighted by Crippen LogP contribution is 2.23. The molecule has 166 valence electrons. The minimum Gasteiger partial charge on any atom is -0.497 e. The summed E-state index contributed by atoms with van der Waals surface area (Å²) in [4.78, 5) is 23.6. The zero-order valence-electron chi connectivity index (χ0n) is 17.9. The van der Waals surface area contributed by atoms with E-state index >= 15 is 0 Å². The second kappa shape index (κ2) is 10.1. The second-order valence-corrected chi connectivity index (χ2v) is 7.68. The fourth-order valence-corrected chi connectivity index (χ4v) is 3.73. The van der Waals surface area contributed by atoms with Crippen molar-refractivity contribution in [1.29, 1.82) is 0 Å². The summed E-state index contributed by atoms with van der Waals surface area (Å²) < 4.78 is 19.1. The molecule has 3 aromatic rings. The lowest BCUT2D eigenvalue weighted by Gasteiger charge is -2.31. The van der Waals surface area contributed by atoms with E-state index in [1.165, 1.54) is 6.07 Å². The number of halogens is 1. The molecule has 1 saturated heterocycles. The van der Waals surface area contributed by atoms with Crippen LogP contribution in [-0.2, 0) is 11.3 Å². The van der Waals surface area contributed by atoms with Gasteiger partial charge in [-0.05, 0) is 48.7 Å². The number of carbonyl (C=O) groups is 1. The molecule has 0 spiro atoms. The molecule has 1 fully saturated rings. The molecule has 0 unspecified atom stereocenters. The van der Waals surface area contributed by atoms with E-state index in [9.17, 15) is 9.18 Å². The number of hydrogen-bond donors (Lipinski definition) is 2. The summed E-state index contributed by atoms with van der Waals surface area (Å²) in [5.74, 6) is 1.55. The molecule has 7 nitrogen and oxygen atoms in total. The van der Waals surface area contributed by atoms with Crippen LogP contribution in [0.2, 0.25) is 0 Å². The number of amides is 1. The van der Waals surface area contributed by atoms with E-state index in [0.29, 0.717) is 37.1 Å². The zero-order chi connectivity index (χ0) is 22.3. The second-order valence-electron chi connectivity index (χ2n) is 7.68. The van der Waals surface area contributed by atoms with Gasteiger partial charge in [-0.2, -0.15) is 4.98 Å². The van der Waals surface area contributed by atoms with E-state index in [1.54, 1.807) is 37.6 Å². The van der Waals surface area contributed by atoms with Crippen molar-refractivity contribution in [2.45, 2.75) is 19.4 Å². The molecular weight excluding hydrogens is 409 g/mol. The molecule has 0 atom stereocenters. The molecule has 1 aromatic heterocycles. The highest BCUT2D eigenvalue weighted by Gasteiger charge is 2.26. The van der Waals surface area contributed by atoms with Crippen molar-refractivity contribution in [3.05, 3.63) is 72.2 Å². The zero-order valence-corrected chi connectivity index (χ0v) is 17.9. The van der Waals surface area contributed by atoms with Crippen molar-refractivity contribution in [3.8, 4) is 5.75 Å². The van der Waals surface area contributed by atoms with Gasteiger partial charge in [-0.1, -0.05) is 24.3 Å². The third-order valence-corrected chi connectivity index (χ3v) is 5.53. The molecule has 0 radical (unpaired) electrons. The van der Waals surface area contributed by atoms with Gasteiger partial charge in [0.2, 0.25) is 11.9 Å². The Morgan fingerprint density at radius 2 is 1.97 bits per heavy atom. The van der Waals surface area contributed by atoms with Gasteiger partial charge in [0, 0.05) is 31.7 Å². The van der Waals surface area contributed by atoms with Gasteiger partial charge in [0.15, 0.2) is 0 Å². The Labute approximate surface area is 186 Å². The van der Waals surface area contributed by atoms with Gasteiger partial charge in [-0.25, -0.2) is 9.37 Å². The average Bonchev–Trinajstić information content (AvgIpc) is 2.84. The number of methoxy groups -OCH3 is 1. The number of hydrogen-bond acceptors (Lipinski definition) is 6. The number of nitrogens with one attached hydrogen (secondary N) is 2. The van der Waals surface area contributed by atoms with E-state index in [4.69, 9.17) is 4.74 Å². The molecular formula is C24H26FN5O2. The monoisotopic (exact) mass is 435 g/mol. The van der Waals surface area contributed by atoms with Crippen LogP contribution in [0, 0.1) is 11.7 Å². The molecule has 0 bridgehead atoms. The van der Waals surface area contributed by atoms with Crippen molar-refractivity contribution in [2.75, 3.05) is 30.4 Å². The lowest BCUT2D eigenvalue weighted by molar-refractivity contribution is -0.125. The van der Waals surface area contributed by atoms with Gasteiger partial charge >= 0.3 is 0 Å². The minimum absolute atomic E-state index is 0.0448. The molecule has 1 aliphatic rings. The van der Waals surface area contributed by atoms with Crippen LogP contribution < -0.4 is 20.3 Å². The summed E-state index contributed by atoms with van der Waals surface area (Å²) in [7, 11) is 1.63. The lowest BCUT2D eigenvalue weighted by Crippen LogP contribution is -2.41. The number of anilines is 3. The summed E-state index contributed by atoms with van der Waals surface area (Å²) in [6.07, 6.45) is 3.09. The van der Waals surface area contributed by atoms with E-state index in [2.05, 4.69) is 25.5 Å². The first kappa shape index (κ1) is 21.5. The van der Waals surface area contributed by atoms with E-state index < -0.39 is 0 Å². The van der Waals surface area contributed by atoms with Crippen molar-refractivity contribution in [1.82, 2.24) is 15.3 Å². The van der Waals surface area contributed by atoms with Gasteiger partial charge in [-0.15, -0.1) is 0 Å². The highest BCUT2D eigenvalue weighted by atomic mass is 19.1. The van der Waals surface area contributed by atoms with Gasteiger partial charge in [0.1, 0.15) is 17.4 Å². The Balaban J connectivity index is 1.30. The van der Waals surface area contributed by atoms with Crippen LogP contribution in [0.25, 0.3) is 0 Å². The van der Waals surface area contributed by atoms with E-state index in [0.717, 1.165) is 24.2 Å². The van der Waals surface area contributed by atoms with Crippen LogP contribution >= 0.6 is 0 Å². The van der Waals surface area contributed by atoms with Gasteiger partial charge in [0.25, 0.3) is 0 Å². The number of ether oxygens (including phenoxy) is 1. The highest BCUT2D eigenvalue weighted by molar-refractivity contribution is 5.79.